The molecule has 0 heterocycles. The molecule has 0 aliphatic heterocycles. The summed E-state index contributed by atoms with van der Waals surface area (Å²) in [5.41, 5.74) is 1.15. The van der Waals surface area contributed by atoms with Crippen molar-refractivity contribution in [2.45, 2.75) is 39.2 Å². The molecule has 0 amide bonds. The van der Waals surface area contributed by atoms with Gasteiger partial charge in [0.2, 0.25) is 0 Å². The average molecular weight is 238 g/mol. The monoisotopic (exact) mass is 237 g/mol. The van der Waals surface area contributed by atoms with Crippen molar-refractivity contribution in [1.82, 2.24) is 0 Å². The number of halogens is 1. The molecule has 0 aromatic heterocycles. The highest BCUT2D eigenvalue weighted by atomic mass is 35.5. The second-order valence-corrected chi connectivity index (χ2v) is 4.35. The number of ether oxygens (including phenoxy) is 1. The minimum Gasteiger partial charge on any atom is -0.489 e. The number of nitrogens with zero attached hydrogens (tertiary/aromatic N) is 1. The summed E-state index contributed by atoms with van der Waals surface area (Å²) < 4.78 is 5.54. The highest BCUT2D eigenvalue weighted by Gasteiger charge is 2.04. The van der Waals surface area contributed by atoms with E-state index in [1.54, 1.807) is 0 Å². The summed E-state index contributed by atoms with van der Waals surface area (Å²) >= 11 is 6.10. The SMILES string of the molecule is CC(C)Oc1ccc(CCCC#N)cc1Cl. The fourth-order valence-corrected chi connectivity index (χ4v) is 1.67. The highest BCUT2D eigenvalue weighted by Crippen LogP contribution is 2.26. The maximum atomic E-state index is 8.45. The fraction of sp³-hybridized carbons (Fsp3) is 0.462. The van der Waals surface area contributed by atoms with E-state index < -0.39 is 0 Å². The van der Waals surface area contributed by atoms with Crippen LogP contribution in [0.5, 0.6) is 5.75 Å². The van der Waals surface area contributed by atoms with Gasteiger partial charge in [-0.1, -0.05) is 17.7 Å². The molecular weight excluding hydrogens is 222 g/mol. The van der Waals surface area contributed by atoms with Crippen molar-refractivity contribution in [2.75, 3.05) is 0 Å². The van der Waals surface area contributed by atoms with Crippen LogP contribution in [0.15, 0.2) is 18.2 Å². The first kappa shape index (κ1) is 12.9. The van der Waals surface area contributed by atoms with Crippen LogP contribution in [-0.4, -0.2) is 6.10 Å². The standard InChI is InChI=1S/C13H16ClNO/c1-10(2)16-13-7-6-11(9-12(13)14)5-3-4-8-15/h6-7,9-10H,3-5H2,1-2H3. The van der Waals surface area contributed by atoms with Gasteiger partial charge in [0, 0.05) is 6.42 Å². The van der Waals surface area contributed by atoms with Crippen molar-refractivity contribution < 1.29 is 4.74 Å². The molecule has 1 aromatic rings. The number of rotatable bonds is 5. The zero-order valence-electron chi connectivity index (χ0n) is 9.66. The normalized spacial score (nSPS) is 10.2. The lowest BCUT2D eigenvalue weighted by Gasteiger charge is -2.12. The van der Waals surface area contributed by atoms with E-state index >= 15 is 0 Å². The van der Waals surface area contributed by atoms with E-state index in [1.807, 2.05) is 32.0 Å². The lowest BCUT2D eigenvalue weighted by Crippen LogP contribution is -2.05. The summed E-state index contributed by atoms with van der Waals surface area (Å²) in [7, 11) is 0. The van der Waals surface area contributed by atoms with Gasteiger partial charge in [-0.05, 0) is 44.4 Å². The van der Waals surface area contributed by atoms with Gasteiger partial charge in [0.25, 0.3) is 0 Å². The van der Waals surface area contributed by atoms with Gasteiger partial charge < -0.3 is 4.74 Å². The Morgan fingerprint density at radius 3 is 2.75 bits per heavy atom. The Bertz CT molecular complexity index is 382. The Morgan fingerprint density at radius 1 is 1.44 bits per heavy atom. The molecule has 1 rings (SSSR count). The molecule has 0 aliphatic rings. The Balaban J connectivity index is 2.64. The molecule has 0 N–H and O–H groups in total. The van der Waals surface area contributed by atoms with Gasteiger partial charge >= 0.3 is 0 Å². The predicted molar refractivity (Wildman–Crippen MR) is 65.8 cm³/mol. The van der Waals surface area contributed by atoms with E-state index in [0.29, 0.717) is 11.4 Å². The average Bonchev–Trinajstić information content (AvgIpc) is 2.22. The predicted octanol–water partition coefficient (Wildman–Crippen LogP) is 3.97. The number of nitriles is 1. The second-order valence-electron chi connectivity index (χ2n) is 3.94. The smallest absolute Gasteiger partial charge is 0.138 e. The van der Waals surface area contributed by atoms with Crippen LogP contribution < -0.4 is 4.74 Å². The van der Waals surface area contributed by atoms with Gasteiger partial charge in [-0.15, -0.1) is 0 Å². The molecule has 16 heavy (non-hydrogen) atoms. The van der Waals surface area contributed by atoms with Crippen LogP contribution in [-0.2, 0) is 6.42 Å². The van der Waals surface area contributed by atoms with Gasteiger partial charge in [0.15, 0.2) is 0 Å². The molecule has 1 aromatic carbocycles. The summed E-state index contributed by atoms with van der Waals surface area (Å²) in [6.07, 6.45) is 2.47. The molecule has 86 valence electrons. The van der Waals surface area contributed by atoms with Crippen LogP contribution >= 0.6 is 11.6 Å². The first-order chi connectivity index (χ1) is 7.63. The molecule has 0 bridgehead atoms. The highest BCUT2D eigenvalue weighted by molar-refractivity contribution is 6.32. The minimum absolute atomic E-state index is 0.127. The van der Waals surface area contributed by atoms with Gasteiger partial charge in [-0.2, -0.15) is 5.26 Å². The second kappa shape index (κ2) is 6.40. The van der Waals surface area contributed by atoms with Gasteiger partial charge in [0.05, 0.1) is 17.2 Å². The first-order valence-electron chi connectivity index (χ1n) is 5.45. The molecule has 0 saturated carbocycles. The first-order valence-corrected chi connectivity index (χ1v) is 5.83. The number of aryl methyl sites for hydroxylation is 1. The third-order valence-electron chi connectivity index (χ3n) is 2.11. The quantitative estimate of drug-likeness (QED) is 0.726. The van der Waals surface area contributed by atoms with Crippen molar-refractivity contribution in [3.63, 3.8) is 0 Å². The molecule has 0 spiro atoms. The minimum atomic E-state index is 0.127. The molecule has 2 nitrogen and oxygen atoms in total. The van der Waals surface area contributed by atoms with Crippen LogP contribution in [0.3, 0.4) is 0 Å². The van der Waals surface area contributed by atoms with Crippen LogP contribution in [0.4, 0.5) is 0 Å². The summed E-state index contributed by atoms with van der Waals surface area (Å²) in [6.45, 7) is 3.94. The molecule has 3 heteroatoms. The van der Waals surface area contributed by atoms with Crippen molar-refractivity contribution in [2.24, 2.45) is 0 Å². The Hall–Kier alpha value is -1.20. The van der Waals surface area contributed by atoms with Crippen molar-refractivity contribution >= 4 is 11.6 Å². The molecule has 0 atom stereocenters. The summed E-state index contributed by atoms with van der Waals surface area (Å²) in [5.74, 6) is 0.723. The molecule has 0 fully saturated rings. The maximum absolute atomic E-state index is 8.45. The van der Waals surface area contributed by atoms with Crippen molar-refractivity contribution in [1.29, 1.82) is 5.26 Å². The lowest BCUT2D eigenvalue weighted by atomic mass is 10.1. The van der Waals surface area contributed by atoms with Crippen LogP contribution in [0.25, 0.3) is 0 Å². The zero-order chi connectivity index (χ0) is 12.0. The van der Waals surface area contributed by atoms with E-state index in [4.69, 9.17) is 21.6 Å². The van der Waals surface area contributed by atoms with Gasteiger partial charge in [-0.3, -0.25) is 0 Å². The number of unbranched alkanes of at least 4 members (excludes halogenated alkanes) is 1. The molecule has 0 saturated heterocycles. The molecule has 0 aliphatic carbocycles. The van der Waals surface area contributed by atoms with Crippen LogP contribution in [0.2, 0.25) is 5.02 Å². The Morgan fingerprint density at radius 2 is 2.19 bits per heavy atom. The van der Waals surface area contributed by atoms with E-state index in [-0.39, 0.29) is 6.10 Å². The zero-order valence-corrected chi connectivity index (χ0v) is 10.4. The molecule has 0 unspecified atom stereocenters. The van der Waals surface area contributed by atoms with Crippen molar-refractivity contribution in [3.8, 4) is 11.8 Å². The van der Waals surface area contributed by atoms with Gasteiger partial charge in [-0.25, -0.2) is 0 Å². The Kier molecular flexibility index (Phi) is 5.14. The molecule has 0 radical (unpaired) electrons. The summed E-state index contributed by atoms with van der Waals surface area (Å²) in [4.78, 5) is 0. The lowest BCUT2D eigenvalue weighted by molar-refractivity contribution is 0.242. The van der Waals surface area contributed by atoms with Crippen LogP contribution in [0.1, 0.15) is 32.3 Å². The van der Waals surface area contributed by atoms with E-state index in [1.165, 1.54) is 0 Å². The topological polar surface area (TPSA) is 33.0 Å². The van der Waals surface area contributed by atoms with E-state index in [9.17, 15) is 0 Å². The van der Waals surface area contributed by atoms with E-state index in [2.05, 4.69) is 6.07 Å². The third kappa shape index (κ3) is 4.12. The molecular formula is C13H16ClNO. The number of hydrogen-bond acceptors (Lipinski definition) is 2. The maximum Gasteiger partial charge on any atom is 0.138 e. The largest absolute Gasteiger partial charge is 0.489 e. The fourth-order valence-electron chi connectivity index (χ4n) is 1.42. The summed E-state index contributed by atoms with van der Waals surface area (Å²) in [6, 6.07) is 7.94. The third-order valence-corrected chi connectivity index (χ3v) is 2.41. The number of benzene rings is 1. The van der Waals surface area contributed by atoms with Crippen molar-refractivity contribution in [3.05, 3.63) is 28.8 Å². The van der Waals surface area contributed by atoms with E-state index in [0.717, 1.165) is 24.2 Å². The number of hydrogen-bond donors (Lipinski definition) is 0. The van der Waals surface area contributed by atoms with Crippen LogP contribution in [0, 0.1) is 11.3 Å². The van der Waals surface area contributed by atoms with Gasteiger partial charge in [0.1, 0.15) is 5.75 Å². The summed E-state index contributed by atoms with van der Waals surface area (Å²) in [5, 5.41) is 9.09. The Labute approximate surface area is 102 Å².